The molecule has 10 nitrogen and oxygen atoms in total. The molecule has 2 amide bonds. The highest BCUT2D eigenvalue weighted by Gasteiger charge is 2.29. The standard InChI is InChI=1S/C27H34N8O2/c1-4-28-27(36)31-21-7-5-20(6-8-21)25-32-23-15-34(16-24-29-11-9-18(2)30-24)12-10-22(23)26(33-25)35-13-14-37-17-19(35)3/h5-9,11,19H,4,10,12-17H2,1-3H3,(H2,28,31,36)/t19-/m0/s1. The molecule has 0 aliphatic carbocycles. The van der Waals surface area contributed by atoms with E-state index in [0.29, 0.717) is 38.7 Å². The predicted octanol–water partition coefficient (Wildman–Crippen LogP) is 3.17. The Balaban J connectivity index is 1.45. The van der Waals surface area contributed by atoms with Crippen molar-refractivity contribution in [2.75, 3.05) is 43.1 Å². The fourth-order valence-electron chi connectivity index (χ4n) is 4.82. The second-order valence-corrected chi connectivity index (χ2v) is 9.55. The summed E-state index contributed by atoms with van der Waals surface area (Å²) in [6.45, 7) is 11.1. The molecular weight excluding hydrogens is 468 g/mol. The number of nitrogens with one attached hydrogen (secondary N) is 2. The number of amides is 2. The minimum atomic E-state index is -0.221. The Hall–Kier alpha value is -3.63. The number of ether oxygens (including phenoxy) is 1. The number of hydrogen-bond acceptors (Lipinski definition) is 8. The Bertz CT molecular complexity index is 1250. The maximum atomic E-state index is 11.9. The highest BCUT2D eigenvalue weighted by Crippen LogP contribution is 2.32. The number of anilines is 2. The van der Waals surface area contributed by atoms with Crippen molar-refractivity contribution < 1.29 is 9.53 Å². The minimum Gasteiger partial charge on any atom is -0.377 e. The van der Waals surface area contributed by atoms with Crippen molar-refractivity contribution in [2.45, 2.75) is 46.3 Å². The van der Waals surface area contributed by atoms with Crippen molar-refractivity contribution in [2.24, 2.45) is 0 Å². The van der Waals surface area contributed by atoms with Crippen LogP contribution < -0.4 is 15.5 Å². The second kappa shape index (κ2) is 11.2. The molecule has 1 aromatic carbocycles. The molecule has 1 saturated heterocycles. The molecule has 2 aromatic heterocycles. The average Bonchev–Trinajstić information content (AvgIpc) is 2.89. The lowest BCUT2D eigenvalue weighted by atomic mass is 10.0. The van der Waals surface area contributed by atoms with E-state index in [4.69, 9.17) is 14.7 Å². The summed E-state index contributed by atoms with van der Waals surface area (Å²) in [6.07, 6.45) is 2.69. The number of aromatic nitrogens is 4. The van der Waals surface area contributed by atoms with Crippen LogP contribution in [0.5, 0.6) is 0 Å². The van der Waals surface area contributed by atoms with Crippen LogP contribution in [-0.4, -0.2) is 69.8 Å². The lowest BCUT2D eigenvalue weighted by molar-refractivity contribution is 0.0983. The van der Waals surface area contributed by atoms with E-state index in [9.17, 15) is 4.79 Å². The Kier molecular flexibility index (Phi) is 7.57. The van der Waals surface area contributed by atoms with Crippen LogP contribution >= 0.6 is 0 Å². The van der Waals surface area contributed by atoms with E-state index in [1.807, 2.05) is 50.4 Å². The van der Waals surface area contributed by atoms with Crippen molar-refractivity contribution in [1.82, 2.24) is 30.2 Å². The topological polar surface area (TPSA) is 108 Å². The Morgan fingerprint density at radius 1 is 1.14 bits per heavy atom. The summed E-state index contributed by atoms with van der Waals surface area (Å²) in [4.78, 5) is 35.8. The molecule has 0 unspecified atom stereocenters. The largest absolute Gasteiger partial charge is 0.377 e. The van der Waals surface area contributed by atoms with Crippen molar-refractivity contribution in [3.63, 3.8) is 0 Å². The van der Waals surface area contributed by atoms with Crippen LogP contribution in [-0.2, 0) is 24.2 Å². The van der Waals surface area contributed by atoms with E-state index in [1.165, 1.54) is 5.56 Å². The Labute approximate surface area is 217 Å². The number of hydrogen-bond donors (Lipinski definition) is 2. The predicted molar refractivity (Wildman–Crippen MR) is 142 cm³/mol. The summed E-state index contributed by atoms with van der Waals surface area (Å²) in [6, 6.07) is 9.61. The number of nitrogens with zero attached hydrogens (tertiary/aromatic N) is 6. The van der Waals surface area contributed by atoms with Crippen molar-refractivity contribution >= 4 is 17.5 Å². The van der Waals surface area contributed by atoms with Gasteiger partial charge in [0.15, 0.2) is 5.82 Å². The quantitative estimate of drug-likeness (QED) is 0.529. The summed E-state index contributed by atoms with van der Waals surface area (Å²) in [5.74, 6) is 2.52. The molecule has 10 heteroatoms. The zero-order valence-corrected chi connectivity index (χ0v) is 21.7. The third kappa shape index (κ3) is 5.86. The summed E-state index contributed by atoms with van der Waals surface area (Å²) in [7, 11) is 0. The molecule has 2 aliphatic rings. The van der Waals surface area contributed by atoms with Gasteiger partial charge in [0.2, 0.25) is 0 Å². The van der Waals surface area contributed by atoms with Crippen LogP contribution in [0.2, 0.25) is 0 Å². The molecule has 0 radical (unpaired) electrons. The molecule has 0 spiro atoms. The third-order valence-corrected chi connectivity index (χ3v) is 6.71. The number of rotatable bonds is 6. The smallest absolute Gasteiger partial charge is 0.319 e. The van der Waals surface area contributed by atoms with Crippen molar-refractivity contribution in [3.05, 3.63) is 59.3 Å². The molecule has 3 aromatic rings. The first kappa shape index (κ1) is 25.0. The molecule has 4 heterocycles. The first-order valence-corrected chi connectivity index (χ1v) is 12.9. The highest BCUT2D eigenvalue weighted by atomic mass is 16.5. The Morgan fingerprint density at radius 3 is 2.73 bits per heavy atom. The van der Waals surface area contributed by atoms with Gasteiger partial charge < -0.3 is 20.3 Å². The number of morpholine rings is 1. The fraction of sp³-hybridized carbons (Fsp3) is 0.444. The third-order valence-electron chi connectivity index (χ3n) is 6.71. The number of aryl methyl sites for hydroxylation is 1. The lowest BCUT2D eigenvalue weighted by Gasteiger charge is -2.37. The van der Waals surface area contributed by atoms with E-state index >= 15 is 0 Å². The maximum absolute atomic E-state index is 11.9. The molecule has 37 heavy (non-hydrogen) atoms. The molecule has 0 saturated carbocycles. The van der Waals surface area contributed by atoms with Gasteiger partial charge >= 0.3 is 6.03 Å². The Morgan fingerprint density at radius 2 is 1.97 bits per heavy atom. The number of benzene rings is 1. The van der Waals surface area contributed by atoms with E-state index in [-0.39, 0.29) is 12.1 Å². The number of carbonyl (C=O) groups is 1. The zero-order chi connectivity index (χ0) is 25.8. The molecule has 1 atom stereocenters. The average molecular weight is 503 g/mol. The van der Waals surface area contributed by atoms with Gasteiger partial charge in [-0.15, -0.1) is 0 Å². The second-order valence-electron chi connectivity index (χ2n) is 9.55. The SMILES string of the molecule is CCNC(=O)Nc1ccc(-c2nc3c(c(N4CCOC[C@@H]4C)n2)CCN(Cc2nccc(C)n2)C3)cc1. The van der Waals surface area contributed by atoms with Gasteiger partial charge in [-0.25, -0.2) is 24.7 Å². The maximum Gasteiger partial charge on any atom is 0.319 e. The fourth-order valence-corrected chi connectivity index (χ4v) is 4.82. The van der Waals surface area contributed by atoms with Gasteiger partial charge in [-0.3, -0.25) is 4.90 Å². The first-order chi connectivity index (χ1) is 18.0. The van der Waals surface area contributed by atoms with E-state index < -0.39 is 0 Å². The van der Waals surface area contributed by atoms with Gasteiger partial charge in [0, 0.05) is 54.9 Å². The molecule has 5 rings (SSSR count). The van der Waals surface area contributed by atoms with Gasteiger partial charge in [-0.2, -0.15) is 0 Å². The first-order valence-electron chi connectivity index (χ1n) is 12.9. The van der Waals surface area contributed by atoms with Gasteiger partial charge in [-0.05, 0) is 57.5 Å². The van der Waals surface area contributed by atoms with Crippen LogP contribution in [0.25, 0.3) is 11.4 Å². The van der Waals surface area contributed by atoms with Crippen LogP contribution in [0, 0.1) is 6.92 Å². The zero-order valence-electron chi connectivity index (χ0n) is 21.7. The monoisotopic (exact) mass is 502 g/mol. The molecular formula is C27H34N8O2. The van der Waals surface area contributed by atoms with Crippen LogP contribution in [0.4, 0.5) is 16.3 Å². The molecule has 2 aliphatic heterocycles. The van der Waals surface area contributed by atoms with E-state index in [1.54, 1.807) is 0 Å². The molecule has 194 valence electrons. The minimum absolute atomic E-state index is 0.221. The van der Waals surface area contributed by atoms with Crippen molar-refractivity contribution in [1.29, 1.82) is 0 Å². The lowest BCUT2D eigenvalue weighted by Crippen LogP contribution is -2.45. The molecule has 0 bridgehead atoms. The summed E-state index contributed by atoms with van der Waals surface area (Å²) in [5.41, 5.74) is 4.86. The normalized spacial score (nSPS) is 17.8. The van der Waals surface area contributed by atoms with Gasteiger partial charge in [0.1, 0.15) is 11.6 Å². The summed E-state index contributed by atoms with van der Waals surface area (Å²) >= 11 is 0. The van der Waals surface area contributed by atoms with Gasteiger partial charge in [-0.1, -0.05) is 0 Å². The van der Waals surface area contributed by atoms with E-state index in [0.717, 1.165) is 53.8 Å². The highest BCUT2D eigenvalue weighted by molar-refractivity contribution is 5.89. The van der Waals surface area contributed by atoms with E-state index in [2.05, 4.69) is 37.3 Å². The summed E-state index contributed by atoms with van der Waals surface area (Å²) in [5, 5.41) is 5.58. The van der Waals surface area contributed by atoms with Gasteiger partial charge in [0.05, 0.1) is 31.5 Å². The van der Waals surface area contributed by atoms with Crippen LogP contribution in [0.15, 0.2) is 36.5 Å². The number of fused-ring (bicyclic) bond motifs is 1. The number of urea groups is 1. The van der Waals surface area contributed by atoms with Crippen molar-refractivity contribution in [3.8, 4) is 11.4 Å². The van der Waals surface area contributed by atoms with Crippen LogP contribution in [0.1, 0.15) is 36.6 Å². The molecule has 1 fully saturated rings. The van der Waals surface area contributed by atoms with Crippen LogP contribution in [0.3, 0.4) is 0 Å². The summed E-state index contributed by atoms with van der Waals surface area (Å²) < 4.78 is 5.70. The van der Waals surface area contributed by atoms with Gasteiger partial charge in [0.25, 0.3) is 0 Å². The molecule has 2 N–H and O–H groups in total. The number of carbonyl (C=O) groups excluding carboxylic acids is 1.